The molecule has 0 fully saturated rings. The highest BCUT2D eigenvalue weighted by Crippen LogP contribution is 2.04. The van der Waals surface area contributed by atoms with E-state index in [-0.39, 0.29) is 6.42 Å². The van der Waals surface area contributed by atoms with E-state index in [4.69, 9.17) is 10.2 Å². The molecule has 4 N–H and O–H groups in total. The maximum absolute atomic E-state index is 12.0. The Morgan fingerprint density at radius 2 is 1.76 bits per heavy atom. The second-order valence-corrected chi connectivity index (χ2v) is 4.58. The van der Waals surface area contributed by atoms with E-state index in [1.807, 2.05) is 30.3 Å². The highest BCUT2D eigenvalue weighted by Gasteiger charge is 2.23. The molecule has 0 bridgehead atoms. The molecule has 7 heteroatoms. The molecule has 2 atom stereocenters. The number of carboxylic acid groups (broad SMARTS) is 2. The highest BCUT2D eigenvalue weighted by molar-refractivity contribution is 5.86. The van der Waals surface area contributed by atoms with Crippen molar-refractivity contribution in [2.45, 2.75) is 25.4 Å². The van der Waals surface area contributed by atoms with Crippen LogP contribution in [0.4, 0.5) is 0 Å². The molecule has 7 nitrogen and oxygen atoms in total. The number of rotatable bonds is 8. The molecule has 1 unspecified atom stereocenters. The van der Waals surface area contributed by atoms with Gasteiger partial charge in [-0.25, -0.2) is 0 Å². The fourth-order valence-corrected chi connectivity index (χ4v) is 1.74. The van der Waals surface area contributed by atoms with Gasteiger partial charge >= 0.3 is 11.9 Å². The number of nitrogens with one attached hydrogen (secondary N) is 2. The predicted molar refractivity (Wildman–Crippen MR) is 74.8 cm³/mol. The first-order chi connectivity index (χ1) is 9.90. The van der Waals surface area contributed by atoms with Crippen LogP contribution in [-0.4, -0.2) is 46.7 Å². The third kappa shape index (κ3) is 6.05. The van der Waals surface area contributed by atoms with Crippen molar-refractivity contribution in [1.29, 1.82) is 0 Å². The van der Waals surface area contributed by atoms with Crippen molar-refractivity contribution < 1.29 is 24.6 Å². The normalized spacial score (nSPS) is 13.2. The summed E-state index contributed by atoms with van der Waals surface area (Å²) in [6, 6.07) is 7.32. The van der Waals surface area contributed by atoms with Gasteiger partial charge in [-0.2, -0.15) is 0 Å². The van der Waals surface area contributed by atoms with Gasteiger partial charge in [-0.3, -0.25) is 19.7 Å². The van der Waals surface area contributed by atoms with Crippen LogP contribution in [0.1, 0.15) is 12.5 Å². The molecule has 0 aliphatic rings. The minimum Gasteiger partial charge on any atom is -0.480 e. The van der Waals surface area contributed by atoms with Crippen molar-refractivity contribution in [1.82, 2.24) is 10.6 Å². The number of carboxylic acids is 2. The average Bonchev–Trinajstić information content (AvgIpc) is 2.44. The average molecular weight is 294 g/mol. The Bertz CT molecular complexity index is 503. The van der Waals surface area contributed by atoms with E-state index in [0.29, 0.717) is 0 Å². The zero-order valence-corrected chi connectivity index (χ0v) is 11.6. The van der Waals surface area contributed by atoms with Crippen LogP contribution >= 0.6 is 0 Å². The maximum atomic E-state index is 12.0. The number of hydrogen-bond acceptors (Lipinski definition) is 4. The molecule has 0 aliphatic carbocycles. The number of carbonyl (C=O) groups excluding carboxylic acids is 1. The second-order valence-electron chi connectivity index (χ2n) is 4.58. The Kier molecular flexibility index (Phi) is 6.35. The Balaban J connectivity index is 2.76. The van der Waals surface area contributed by atoms with Crippen LogP contribution in [0.2, 0.25) is 0 Å². The third-order valence-electron chi connectivity index (χ3n) is 2.83. The van der Waals surface area contributed by atoms with Gasteiger partial charge in [-0.15, -0.1) is 0 Å². The van der Waals surface area contributed by atoms with Crippen LogP contribution in [0.25, 0.3) is 0 Å². The standard InChI is InChI=1S/C14H18N2O5/c1-9(14(20)21)16-11(13(19)15-8-12(17)18)7-10-5-3-2-4-6-10/h2-6,9,11,16H,7-8H2,1H3,(H,15,19)(H,17,18)(H,20,21)/t9?,11-/m0/s1. The molecule has 0 saturated carbocycles. The second kappa shape index (κ2) is 8.01. The summed E-state index contributed by atoms with van der Waals surface area (Å²) in [6.45, 7) is 0.915. The van der Waals surface area contributed by atoms with Gasteiger partial charge in [0.2, 0.25) is 5.91 Å². The molecular weight excluding hydrogens is 276 g/mol. The van der Waals surface area contributed by atoms with Crippen LogP contribution in [0.15, 0.2) is 30.3 Å². The zero-order chi connectivity index (χ0) is 15.8. The molecule has 0 saturated heterocycles. The van der Waals surface area contributed by atoms with Crippen molar-refractivity contribution in [2.24, 2.45) is 0 Å². The van der Waals surface area contributed by atoms with Crippen LogP contribution < -0.4 is 10.6 Å². The van der Waals surface area contributed by atoms with Gasteiger partial charge in [0.05, 0.1) is 6.04 Å². The number of amides is 1. The zero-order valence-electron chi connectivity index (χ0n) is 11.6. The van der Waals surface area contributed by atoms with E-state index in [1.54, 1.807) is 0 Å². The van der Waals surface area contributed by atoms with Crippen LogP contribution in [-0.2, 0) is 20.8 Å². The Morgan fingerprint density at radius 1 is 1.14 bits per heavy atom. The van der Waals surface area contributed by atoms with E-state index in [0.717, 1.165) is 5.56 Å². The number of benzene rings is 1. The summed E-state index contributed by atoms with van der Waals surface area (Å²) in [5.41, 5.74) is 0.845. The summed E-state index contributed by atoms with van der Waals surface area (Å²) in [5, 5.41) is 22.4. The van der Waals surface area contributed by atoms with Crippen LogP contribution in [0, 0.1) is 0 Å². The fourth-order valence-electron chi connectivity index (χ4n) is 1.74. The largest absolute Gasteiger partial charge is 0.480 e. The van der Waals surface area contributed by atoms with Gasteiger partial charge in [-0.1, -0.05) is 30.3 Å². The first-order valence-electron chi connectivity index (χ1n) is 6.42. The van der Waals surface area contributed by atoms with Crippen molar-refractivity contribution in [3.8, 4) is 0 Å². The van der Waals surface area contributed by atoms with E-state index >= 15 is 0 Å². The van der Waals surface area contributed by atoms with Crippen molar-refractivity contribution in [3.63, 3.8) is 0 Å². The lowest BCUT2D eigenvalue weighted by molar-refractivity contribution is -0.140. The molecule has 0 spiro atoms. The summed E-state index contributed by atoms with van der Waals surface area (Å²) < 4.78 is 0. The SMILES string of the molecule is CC(N[C@@H](Cc1ccccc1)C(=O)NCC(=O)O)C(=O)O. The minimum absolute atomic E-state index is 0.268. The fraction of sp³-hybridized carbons (Fsp3) is 0.357. The first kappa shape index (κ1) is 16.6. The molecule has 1 amide bonds. The predicted octanol–water partition coefficient (Wildman–Crippen LogP) is -0.139. The first-order valence-corrected chi connectivity index (χ1v) is 6.42. The minimum atomic E-state index is -1.16. The monoisotopic (exact) mass is 294 g/mol. The van der Waals surface area contributed by atoms with Crippen molar-refractivity contribution in [2.75, 3.05) is 6.54 Å². The lowest BCUT2D eigenvalue weighted by atomic mass is 10.0. The van der Waals surface area contributed by atoms with Crippen LogP contribution in [0.3, 0.4) is 0 Å². The van der Waals surface area contributed by atoms with E-state index in [2.05, 4.69) is 10.6 Å². The van der Waals surface area contributed by atoms with Crippen molar-refractivity contribution >= 4 is 17.8 Å². The molecule has 0 radical (unpaired) electrons. The van der Waals surface area contributed by atoms with Gasteiger partial charge in [-0.05, 0) is 18.9 Å². The van der Waals surface area contributed by atoms with Gasteiger partial charge in [0.1, 0.15) is 12.6 Å². The molecule has 1 rings (SSSR count). The highest BCUT2D eigenvalue weighted by atomic mass is 16.4. The van der Waals surface area contributed by atoms with Gasteiger partial charge in [0, 0.05) is 0 Å². The molecule has 21 heavy (non-hydrogen) atoms. The molecule has 114 valence electrons. The van der Waals surface area contributed by atoms with Gasteiger partial charge in [0.15, 0.2) is 0 Å². The quantitative estimate of drug-likeness (QED) is 0.530. The molecular formula is C14H18N2O5. The number of carbonyl (C=O) groups is 3. The molecule has 1 aromatic carbocycles. The third-order valence-corrected chi connectivity index (χ3v) is 2.83. The molecule has 0 aliphatic heterocycles. The number of hydrogen-bond donors (Lipinski definition) is 4. The molecule has 1 aromatic rings. The topological polar surface area (TPSA) is 116 Å². The van der Waals surface area contributed by atoms with E-state index in [9.17, 15) is 14.4 Å². The Labute approximate surface area is 122 Å². The Morgan fingerprint density at radius 3 is 2.29 bits per heavy atom. The van der Waals surface area contributed by atoms with Crippen LogP contribution in [0.5, 0.6) is 0 Å². The van der Waals surface area contributed by atoms with E-state index in [1.165, 1.54) is 6.92 Å². The van der Waals surface area contributed by atoms with Gasteiger partial charge < -0.3 is 15.5 Å². The lowest BCUT2D eigenvalue weighted by Gasteiger charge is -2.20. The van der Waals surface area contributed by atoms with Crippen molar-refractivity contribution in [3.05, 3.63) is 35.9 Å². The maximum Gasteiger partial charge on any atom is 0.322 e. The smallest absolute Gasteiger partial charge is 0.322 e. The van der Waals surface area contributed by atoms with Gasteiger partial charge in [0.25, 0.3) is 0 Å². The van der Waals surface area contributed by atoms with E-state index < -0.39 is 36.5 Å². The summed E-state index contributed by atoms with van der Waals surface area (Å²) in [7, 11) is 0. The summed E-state index contributed by atoms with van der Waals surface area (Å²) >= 11 is 0. The summed E-state index contributed by atoms with van der Waals surface area (Å²) in [5.74, 6) is -2.79. The number of aliphatic carboxylic acids is 2. The molecule has 0 heterocycles. The summed E-state index contributed by atoms with van der Waals surface area (Å²) in [4.78, 5) is 33.4. The summed E-state index contributed by atoms with van der Waals surface area (Å²) in [6.07, 6.45) is 0.268. The lowest BCUT2D eigenvalue weighted by Crippen LogP contribution is -2.51. The Hall–Kier alpha value is -2.41. The molecule has 0 aromatic heterocycles.